The van der Waals surface area contributed by atoms with Crippen LogP contribution in [0.1, 0.15) is 32.3 Å². The lowest BCUT2D eigenvalue weighted by atomic mass is 9.90. The van der Waals surface area contributed by atoms with Crippen LogP contribution in [0.4, 0.5) is 0 Å². The number of rotatable bonds is 8. The summed E-state index contributed by atoms with van der Waals surface area (Å²) in [4.78, 5) is 14.4. The first kappa shape index (κ1) is 16.7. The number of esters is 1. The summed E-state index contributed by atoms with van der Waals surface area (Å²) < 4.78 is 5.18. The van der Waals surface area contributed by atoms with Crippen molar-refractivity contribution >= 4 is 5.97 Å². The van der Waals surface area contributed by atoms with Gasteiger partial charge in [0.2, 0.25) is 0 Å². The molecule has 1 rings (SSSR count). The standard InChI is InChI=1S/C16H26N2O2/c1-4-6-12-18(3)13-16(17,15(19)20-5-2)14-10-8-7-9-11-14/h7-11H,4-6,12-13,17H2,1-3H3. The van der Waals surface area contributed by atoms with E-state index in [9.17, 15) is 4.79 Å². The summed E-state index contributed by atoms with van der Waals surface area (Å²) in [6.07, 6.45) is 2.21. The summed E-state index contributed by atoms with van der Waals surface area (Å²) in [6.45, 7) is 5.65. The minimum Gasteiger partial charge on any atom is -0.464 e. The number of nitrogens with zero attached hydrogens (tertiary/aromatic N) is 1. The van der Waals surface area contributed by atoms with E-state index < -0.39 is 5.54 Å². The van der Waals surface area contributed by atoms with Crippen LogP contribution in [0.5, 0.6) is 0 Å². The Labute approximate surface area is 121 Å². The monoisotopic (exact) mass is 278 g/mol. The van der Waals surface area contributed by atoms with Crippen LogP contribution >= 0.6 is 0 Å². The van der Waals surface area contributed by atoms with Gasteiger partial charge in [-0.25, -0.2) is 4.79 Å². The van der Waals surface area contributed by atoms with E-state index in [0.29, 0.717) is 13.2 Å². The number of nitrogens with two attached hydrogens (primary N) is 1. The normalized spacial score (nSPS) is 14.1. The first-order chi connectivity index (χ1) is 9.54. The number of unbranched alkanes of at least 4 members (excludes halogenated alkanes) is 1. The Morgan fingerprint density at radius 1 is 1.30 bits per heavy atom. The van der Waals surface area contributed by atoms with Gasteiger partial charge in [0.1, 0.15) is 0 Å². The molecule has 112 valence electrons. The molecular formula is C16H26N2O2. The van der Waals surface area contributed by atoms with Gasteiger partial charge < -0.3 is 15.4 Å². The molecule has 1 aromatic rings. The maximum Gasteiger partial charge on any atom is 0.332 e. The molecule has 0 aliphatic heterocycles. The Morgan fingerprint density at radius 3 is 2.50 bits per heavy atom. The smallest absolute Gasteiger partial charge is 0.332 e. The summed E-state index contributed by atoms with van der Waals surface area (Å²) in [5, 5.41) is 0. The Morgan fingerprint density at radius 2 is 1.95 bits per heavy atom. The predicted octanol–water partition coefficient (Wildman–Crippen LogP) is 2.14. The maximum atomic E-state index is 12.3. The van der Waals surface area contributed by atoms with Gasteiger partial charge in [0, 0.05) is 6.54 Å². The number of benzene rings is 1. The summed E-state index contributed by atoms with van der Waals surface area (Å²) in [5.41, 5.74) is 6.09. The number of hydrogen-bond donors (Lipinski definition) is 1. The molecule has 1 unspecified atom stereocenters. The molecule has 0 amide bonds. The second-order valence-electron chi connectivity index (χ2n) is 5.15. The van der Waals surface area contributed by atoms with Crippen LogP contribution in [0.3, 0.4) is 0 Å². The molecule has 1 atom stereocenters. The van der Waals surface area contributed by atoms with Crippen molar-refractivity contribution in [3.8, 4) is 0 Å². The molecule has 0 radical (unpaired) electrons. The van der Waals surface area contributed by atoms with E-state index in [1.165, 1.54) is 0 Å². The zero-order valence-corrected chi connectivity index (χ0v) is 12.8. The van der Waals surface area contributed by atoms with Crippen LogP contribution < -0.4 is 5.73 Å². The predicted molar refractivity (Wildman–Crippen MR) is 81.3 cm³/mol. The third-order valence-electron chi connectivity index (χ3n) is 3.34. The van der Waals surface area contributed by atoms with Crippen LogP contribution in [0.2, 0.25) is 0 Å². The number of hydrogen-bond acceptors (Lipinski definition) is 4. The Hall–Kier alpha value is -1.39. The van der Waals surface area contributed by atoms with E-state index >= 15 is 0 Å². The second-order valence-corrected chi connectivity index (χ2v) is 5.15. The lowest BCUT2D eigenvalue weighted by Gasteiger charge is -2.32. The highest BCUT2D eigenvalue weighted by molar-refractivity contribution is 5.82. The molecule has 4 heteroatoms. The van der Waals surface area contributed by atoms with Crippen molar-refractivity contribution in [2.45, 2.75) is 32.2 Å². The lowest BCUT2D eigenvalue weighted by Crippen LogP contribution is -2.53. The van der Waals surface area contributed by atoms with E-state index in [1.54, 1.807) is 6.92 Å². The minimum atomic E-state index is -1.11. The zero-order chi connectivity index (χ0) is 15.0. The van der Waals surface area contributed by atoms with Crippen LogP contribution in [0.25, 0.3) is 0 Å². The SMILES string of the molecule is CCCCN(C)CC(N)(C(=O)OCC)c1ccccc1. The molecule has 20 heavy (non-hydrogen) atoms. The highest BCUT2D eigenvalue weighted by Crippen LogP contribution is 2.21. The molecule has 4 nitrogen and oxygen atoms in total. The van der Waals surface area contributed by atoms with Gasteiger partial charge in [-0.1, -0.05) is 43.7 Å². The van der Waals surface area contributed by atoms with Gasteiger partial charge in [-0.15, -0.1) is 0 Å². The minimum absolute atomic E-state index is 0.337. The van der Waals surface area contributed by atoms with Crippen molar-refractivity contribution in [3.63, 3.8) is 0 Å². The Balaban J connectivity index is 2.93. The van der Waals surface area contributed by atoms with Gasteiger partial charge in [-0.2, -0.15) is 0 Å². The number of ether oxygens (including phenoxy) is 1. The lowest BCUT2D eigenvalue weighted by molar-refractivity contribution is -0.150. The van der Waals surface area contributed by atoms with Crippen molar-refractivity contribution in [1.82, 2.24) is 4.90 Å². The molecule has 0 aromatic heterocycles. The van der Waals surface area contributed by atoms with Gasteiger partial charge in [0.15, 0.2) is 5.54 Å². The van der Waals surface area contributed by atoms with Crippen LogP contribution in [0.15, 0.2) is 30.3 Å². The average molecular weight is 278 g/mol. The van der Waals surface area contributed by atoms with Gasteiger partial charge >= 0.3 is 5.97 Å². The molecule has 0 saturated carbocycles. The molecule has 0 heterocycles. The fourth-order valence-corrected chi connectivity index (χ4v) is 2.20. The van der Waals surface area contributed by atoms with Gasteiger partial charge in [0.05, 0.1) is 6.61 Å². The van der Waals surface area contributed by atoms with Gasteiger partial charge in [0.25, 0.3) is 0 Å². The first-order valence-electron chi connectivity index (χ1n) is 7.24. The summed E-state index contributed by atoms with van der Waals surface area (Å²) in [5.74, 6) is -0.366. The number of carbonyl (C=O) groups excluding carboxylic acids is 1. The molecule has 0 aliphatic rings. The molecule has 2 N–H and O–H groups in total. The third kappa shape index (κ3) is 4.32. The van der Waals surface area contributed by atoms with E-state index in [-0.39, 0.29) is 5.97 Å². The third-order valence-corrected chi connectivity index (χ3v) is 3.34. The van der Waals surface area contributed by atoms with Crippen molar-refractivity contribution in [1.29, 1.82) is 0 Å². The average Bonchev–Trinajstić information content (AvgIpc) is 2.46. The number of carbonyl (C=O) groups is 1. The molecule has 0 fully saturated rings. The fourth-order valence-electron chi connectivity index (χ4n) is 2.20. The van der Waals surface area contributed by atoms with Crippen LogP contribution in [-0.2, 0) is 15.1 Å². The second kappa shape index (κ2) is 8.02. The highest BCUT2D eigenvalue weighted by Gasteiger charge is 2.38. The Bertz CT molecular complexity index is 408. The van der Waals surface area contributed by atoms with E-state index in [1.807, 2.05) is 37.4 Å². The van der Waals surface area contributed by atoms with Crippen LogP contribution in [-0.4, -0.2) is 37.6 Å². The Kier molecular flexibility index (Phi) is 6.68. The van der Waals surface area contributed by atoms with Crippen molar-refractivity contribution in [2.24, 2.45) is 5.73 Å². The molecule has 0 aliphatic carbocycles. The largest absolute Gasteiger partial charge is 0.464 e. The summed E-state index contributed by atoms with van der Waals surface area (Å²) in [7, 11) is 1.99. The molecule has 0 saturated heterocycles. The van der Waals surface area contributed by atoms with Crippen molar-refractivity contribution in [2.75, 3.05) is 26.7 Å². The quantitative estimate of drug-likeness (QED) is 0.740. The van der Waals surface area contributed by atoms with Gasteiger partial charge in [-0.3, -0.25) is 0 Å². The summed E-state index contributed by atoms with van der Waals surface area (Å²) >= 11 is 0. The number of likely N-dealkylation sites (N-methyl/N-ethyl adjacent to an activating group) is 1. The molecular weight excluding hydrogens is 252 g/mol. The zero-order valence-electron chi connectivity index (χ0n) is 12.8. The van der Waals surface area contributed by atoms with E-state index in [0.717, 1.165) is 24.9 Å². The van der Waals surface area contributed by atoms with E-state index in [2.05, 4.69) is 11.8 Å². The van der Waals surface area contributed by atoms with E-state index in [4.69, 9.17) is 10.5 Å². The first-order valence-corrected chi connectivity index (χ1v) is 7.24. The molecule has 0 spiro atoms. The molecule has 0 bridgehead atoms. The topological polar surface area (TPSA) is 55.6 Å². The fraction of sp³-hybridized carbons (Fsp3) is 0.562. The van der Waals surface area contributed by atoms with Gasteiger partial charge in [-0.05, 0) is 32.5 Å². The maximum absolute atomic E-state index is 12.3. The van der Waals surface area contributed by atoms with Crippen LogP contribution in [0, 0.1) is 0 Å². The summed E-state index contributed by atoms with van der Waals surface area (Å²) in [6, 6.07) is 9.45. The highest BCUT2D eigenvalue weighted by atomic mass is 16.5. The molecule has 1 aromatic carbocycles. The van der Waals surface area contributed by atoms with Crippen molar-refractivity contribution < 1.29 is 9.53 Å². The van der Waals surface area contributed by atoms with Crippen molar-refractivity contribution in [3.05, 3.63) is 35.9 Å².